The monoisotopic (exact) mass is 257 g/mol. The van der Waals surface area contributed by atoms with Crippen LogP contribution in [-0.4, -0.2) is 35.6 Å². The van der Waals surface area contributed by atoms with Crippen LogP contribution in [0.25, 0.3) is 10.9 Å². The highest BCUT2D eigenvalue weighted by atomic mass is 15.2. The minimum atomic E-state index is 1.04. The van der Waals surface area contributed by atoms with E-state index in [1.165, 1.54) is 22.0 Å². The van der Waals surface area contributed by atoms with Crippen molar-refractivity contribution in [3.05, 3.63) is 35.5 Å². The Morgan fingerprint density at radius 2 is 2.00 bits per heavy atom. The molecule has 0 bridgehead atoms. The number of rotatable bonds is 3. The normalized spacial score (nSPS) is 17.2. The molecule has 0 unspecified atom stereocenters. The molecule has 1 fully saturated rings. The molecule has 19 heavy (non-hydrogen) atoms. The smallest absolute Gasteiger partial charge is 0.0486 e. The maximum absolute atomic E-state index is 3.41. The number of aryl methyl sites for hydroxylation is 2. The Hall–Kier alpha value is -1.32. The molecule has 0 amide bonds. The summed E-state index contributed by atoms with van der Waals surface area (Å²) in [5.74, 6) is 0. The summed E-state index contributed by atoms with van der Waals surface area (Å²) in [5.41, 5.74) is 4.19. The number of hydrogen-bond donors (Lipinski definition) is 1. The van der Waals surface area contributed by atoms with Crippen LogP contribution in [0.2, 0.25) is 0 Å². The maximum atomic E-state index is 3.41. The molecular formula is C16H23N3. The summed E-state index contributed by atoms with van der Waals surface area (Å²) in [6.07, 6.45) is 2.34. The Bertz CT molecular complexity index is 565. The zero-order valence-corrected chi connectivity index (χ0v) is 11.9. The van der Waals surface area contributed by atoms with Crippen LogP contribution in [0.15, 0.2) is 24.4 Å². The van der Waals surface area contributed by atoms with E-state index in [1.807, 2.05) is 0 Å². The number of fused-ring (bicyclic) bond motifs is 1. The van der Waals surface area contributed by atoms with Crippen molar-refractivity contribution in [3.63, 3.8) is 0 Å². The molecule has 2 aromatic rings. The molecule has 1 saturated heterocycles. The predicted molar refractivity (Wildman–Crippen MR) is 80.5 cm³/mol. The molecule has 1 aliphatic heterocycles. The number of nitrogens with one attached hydrogen (secondary N) is 1. The number of aromatic nitrogens is 1. The van der Waals surface area contributed by atoms with Crippen molar-refractivity contribution in [2.24, 2.45) is 0 Å². The van der Waals surface area contributed by atoms with Gasteiger partial charge in [-0.3, -0.25) is 4.90 Å². The van der Waals surface area contributed by atoms with Gasteiger partial charge in [-0.15, -0.1) is 0 Å². The second-order valence-electron chi connectivity index (χ2n) is 5.49. The summed E-state index contributed by atoms with van der Waals surface area (Å²) in [6.45, 7) is 11.1. The first-order valence-corrected chi connectivity index (χ1v) is 7.29. The third-order valence-electron chi connectivity index (χ3n) is 4.06. The zero-order valence-electron chi connectivity index (χ0n) is 11.9. The predicted octanol–water partition coefficient (Wildman–Crippen LogP) is 2.37. The average Bonchev–Trinajstić information content (AvgIpc) is 2.77. The zero-order chi connectivity index (χ0) is 13.2. The molecule has 1 aromatic heterocycles. The van der Waals surface area contributed by atoms with E-state index in [-0.39, 0.29) is 0 Å². The lowest BCUT2D eigenvalue weighted by Crippen LogP contribution is -2.42. The van der Waals surface area contributed by atoms with Crippen LogP contribution in [0.5, 0.6) is 0 Å². The average molecular weight is 257 g/mol. The van der Waals surface area contributed by atoms with Gasteiger partial charge in [-0.05, 0) is 31.0 Å². The van der Waals surface area contributed by atoms with E-state index < -0.39 is 0 Å². The summed E-state index contributed by atoms with van der Waals surface area (Å²) < 4.78 is 2.37. The van der Waals surface area contributed by atoms with Gasteiger partial charge in [0.15, 0.2) is 0 Å². The van der Waals surface area contributed by atoms with E-state index in [9.17, 15) is 0 Å². The maximum Gasteiger partial charge on any atom is 0.0486 e. The highest BCUT2D eigenvalue weighted by Crippen LogP contribution is 2.24. The lowest BCUT2D eigenvalue weighted by Gasteiger charge is -2.26. The number of benzene rings is 1. The Balaban J connectivity index is 1.94. The third kappa shape index (κ3) is 2.53. The topological polar surface area (TPSA) is 20.2 Å². The first kappa shape index (κ1) is 12.7. The minimum Gasteiger partial charge on any atom is -0.347 e. The molecule has 3 rings (SSSR count). The standard InChI is InChI=1S/C16H23N3/c1-3-19-12-14(11-18-8-6-17-7-9-18)15-5-4-13(2)10-16(15)19/h4-5,10,12,17H,3,6-9,11H2,1-2H3. The summed E-state index contributed by atoms with van der Waals surface area (Å²) in [6, 6.07) is 6.82. The van der Waals surface area contributed by atoms with Crippen LogP contribution in [-0.2, 0) is 13.1 Å². The van der Waals surface area contributed by atoms with Crippen LogP contribution in [0.1, 0.15) is 18.1 Å². The van der Waals surface area contributed by atoms with Crippen molar-refractivity contribution in [1.29, 1.82) is 0 Å². The van der Waals surface area contributed by atoms with Crippen LogP contribution in [0.3, 0.4) is 0 Å². The molecular weight excluding hydrogens is 234 g/mol. The fraction of sp³-hybridized carbons (Fsp3) is 0.500. The Kier molecular flexibility index (Phi) is 3.58. The molecule has 0 spiro atoms. The van der Waals surface area contributed by atoms with E-state index >= 15 is 0 Å². The largest absolute Gasteiger partial charge is 0.347 e. The molecule has 1 aliphatic rings. The quantitative estimate of drug-likeness (QED) is 0.911. The van der Waals surface area contributed by atoms with Gasteiger partial charge in [0.1, 0.15) is 0 Å². The fourth-order valence-corrected chi connectivity index (χ4v) is 2.98. The number of piperazine rings is 1. The molecule has 0 aliphatic carbocycles. The van der Waals surface area contributed by atoms with Gasteiger partial charge in [-0.1, -0.05) is 12.1 Å². The van der Waals surface area contributed by atoms with Crippen LogP contribution < -0.4 is 5.32 Å². The van der Waals surface area contributed by atoms with E-state index in [2.05, 4.69) is 53.0 Å². The summed E-state index contributed by atoms with van der Waals surface area (Å²) >= 11 is 0. The molecule has 0 radical (unpaired) electrons. The van der Waals surface area contributed by atoms with Crippen molar-refractivity contribution < 1.29 is 0 Å². The highest BCUT2D eigenvalue weighted by molar-refractivity contribution is 5.84. The van der Waals surface area contributed by atoms with Gasteiger partial charge in [0.05, 0.1) is 0 Å². The Morgan fingerprint density at radius 1 is 1.21 bits per heavy atom. The summed E-state index contributed by atoms with van der Waals surface area (Å²) in [4.78, 5) is 2.55. The molecule has 3 nitrogen and oxygen atoms in total. The highest BCUT2D eigenvalue weighted by Gasteiger charge is 2.14. The van der Waals surface area contributed by atoms with Crippen molar-refractivity contribution >= 4 is 10.9 Å². The van der Waals surface area contributed by atoms with Gasteiger partial charge in [0.25, 0.3) is 0 Å². The second kappa shape index (κ2) is 5.35. The Morgan fingerprint density at radius 3 is 2.74 bits per heavy atom. The van der Waals surface area contributed by atoms with Crippen molar-refractivity contribution in [2.75, 3.05) is 26.2 Å². The fourth-order valence-electron chi connectivity index (χ4n) is 2.98. The first-order valence-electron chi connectivity index (χ1n) is 7.29. The molecule has 2 heterocycles. The molecule has 1 aromatic carbocycles. The van der Waals surface area contributed by atoms with E-state index in [1.54, 1.807) is 0 Å². The number of hydrogen-bond acceptors (Lipinski definition) is 2. The molecule has 102 valence electrons. The van der Waals surface area contributed by atoms with Gasteiger partial charge in [0.2, 0.25) is 0 Å². The van der Waals surface area contributed by atoms with Gasteiger partial charge < -0.3 is 9.88 Å². The first-order chi connectivity index (χ1) is 9.28. The van der Waals surface area contributed by atoms with Crippen molar-refractivity contribution in [3.8, 4) is 0 Å². The van der Waals surface area contributed by atoms with E-state index in [0.29, 0.717) is 0 Å². The number of nitrogens with zero attached hydrogens (tertiary/aromatic N) is 2. The van der Waals surface area contributed by atoms with Gasteiger partial charge in [-0.2, -0.15) is 0 Å². The molecule has 0 atom stereocenters. The summed E-state index contributed by atoms with van der Waals surface area (Å²) in [7, 11) is 0. The lowest BCUT2D eigenvalue weighted by atomic mass is 10.1. The van der Waals surface area contributed by atoms with Crippen LogP contribution >= 0.6 is 0 Å². The third-order valence-corrected chi connectivity index (χ3v) is 4.06. The Labute approximate surface area is 115 Å². The summed E-state index contributed by atoms with van der Waals surface area (Å²) in [5, 5.41) is 4.84. The van der Waals surface area contributed by atoms with Gasteiger partial charge >= 0.3 is 0 Å². The molecule has 0 saturated carbocycles. The molecule has 1 N–H and O–H groups in total. The SMILES string of the molecule is CCn1cc(CN2CCNCC2)c2ccc(C)cc21. The second-order valence-corrected chi connectivity index (χ2v) is 5.49. The molecule has 3 heteroatoms. The van der Waals surface area contributed by atoms with Crippen molar-refractivity contribution in [2.45, 2.75) is 26.9 Å². The van der Waals surface area contributed by atoms with Crippen molar-refractivity contribution in [1.82, 2.24) is 14.8 Å². The minimum absolute atomic E-state index is 1.04. The van der Waals surface area contributed by atoms with Gasteiger partial charge in [-0.25, -0.2) is 0 Å². The lowest BCUT2D eigenvalue weighted by molar-refractivity contribution is 0.234. The van der Waals surface area contributed by atoms with E-state index in [0.717, 1.165) is 39.3 Å². The van der Waals surface area contributed by atoms with Crippen LogP contribution in [0, 0.1) is 6.92 Å². The van der Waals surface area contributed by atoms with Crippen LogP contribution in [0.4, 0.5) is 0 Å². The van der Waals surface area contributed by atoms with Gasteiger partial charge in [0, 0.05) is 56.4 Å². The van der Waals surface area contributed by atoms with E-state index in [4.69, 9.17) is 0 Å².